The maximum Gasteiger partial charge on any atom is 0.222 e. The molecule has 2 aromatic heterocycles. The van der Waals surface area contributed by atoms with Gasteiger partial charge in [-0.25, -0.2) is 4.57 Å². The first-order valence-corrected chi connectivity index (χ1v) is 7.76. The van der Waals surface area contributed by atoms with Crippen LogP contribution in [0, 0.1) is 13.8 Å². The van der Waals surface area contributed by atoms with E-state index in [0.717, 1.165) is 16.7 Å². The smallest absolute Gasteiger partial charge is 0.222 e. The molecular weight excluding hydrogens is 284 g/mol. The van der Waals surface area contributed by atoms with Crippen LogP contribution < -0.4 is 9.30 Å². The monoisotopic (exact) mass is 303 g/mol. The summed E-state index contributed by atoms with van der Waals surface area (Å²) in [5, 5.41) is 4.76. The van der Waals surface area contributed by atoms with E-state index in [-0.39, 0.29) is 0 Å². The van der Waals surface area contributed by atoms with E-state index in [1.807, 2.05) is 12.3 Å². The first-order chi connectivity index (χ1) is 11.1. The van der Waals surface area contributed by atoms with Crippen LogP contribution >= 0.6 is 0 Å². The van der Waals surface area contributed by atoms with E-state index < -0.39 is 0 Å². The number of methoxy groups -OCH3 is 1. The third kappa shape index (κ3) is 1.83. The van der Waals surface area contributed by atoms with Crippen molar-refractivity contribution < 1.29 is 9.30 Å². The number of ether oxygens (including phenoxy) is 1. The number of hydrogen-bond donors (Lipinski definition) is 0. The molecule has 0 bridgehead atoms. The van der Waals surface area contributed by atoms with Crippen LogP contribution in [0.4, 0.5) is 0 Å². The van der Waals surface area contributed by atoms with Gasteiger partial charge < -0.3 is 4.74 Å². The number of rotatable bonds is 1. The Bertz CT molecular complexity index is 1080. The van der Waals surface area contributed by atoms with E-state index in [0.29, 0.717) is 0 Å². The van der Waals surface area contributed by atoms with E-state index >= 15 is 0 Å². The first kappa shape index (κ1) is 13.9. The Morgan fingerprint density at radius 2 is 1.74 bits per heavy atom. The molecule has 0 aliphatic rings. The van der Waals surface area contributed by atoms with Gasteiger partial charge in [-0.2, -0.15) is 0 Å². The van der Waals surface area contributed by atoms with Crippen molar-refractivity contribution in [1.29, 1.82) is 0 Å². The third-order valence-corrected chi connectivity index (χ3v) is 4.68. The molecule has 3 nitrogen and oxygen atoms in total. The van der Waals surface area contributed by atoms with Crippen molar-refractivity contribution in [3.05, 3.63) is 53.9 Å². The Morgan fingerprint density at radius 3 is 2.52 bits per heavy atom. The van der Waals surface area contributed by atoms with Crippen LogP contribution in [-0.4, -0.2) is 12.1 Å². The van der Waals surface area contributed by atoms with Crippen molar-refractivity contribution >= 4 is 32.6 Å². The molecule has 4 rings (SSSR count). The van der Waals surface area contributed by atoms with Crippen molar-refractivity contribution in [2.24, 2.45) is 7.05 Å². The number of hydrogen-bond acceptors (Lipinski definition) is 2. The van der Waals surface area contributed by atoms with Gasteiger partial charge in [0.25, 0.3) is 0 Å². The summed E-state index contributed by atoms with van der Waals surface area (Å²) >= 11 is 0. The topological polar surface area (TPSA) is 26.0 Å². The van der Waals surface area contributed by atoms with E-state index in [4.69, 9.17) is 9.72 Å². The second-order valence-electron chi connectivity index (χ2n) is 6.07. The van der Waals surface area contributed by atoms with Gasteiger partial charge in [0.1, 0.15) is 12.8 Å². The second-order valence-corrected chi connectivity index (χ2v) is 6.07. The molecule has 3 heteroatoms. The van der Waals surface area contributed by atoms with Gasteiger partial charge in [-0.1, -0.05) is 6.07 Å². The second kappa shape index (κ2) is 4.92. The molecular formula is C20H19N2O+. The minimum atomic E-state index is 0.877. The predicted octanol–water partition coefficient (Wildman–Crippen LogP) is 3.99. The lowest BCUT2D eigenvalue weighted by atomic mass is 9.94. The molecule has 0 radical (unpaired) electrons. The van der Waals surface area contributed by atoms with Gasteiger partial charge in [-0.15, -0.1) is 0 Å². The van der Waals surface area contributed by atoms with Gasteiger partial charge in [0.05, 0.1) is 28.8 Å². The van der Waals surface area contributed by atoms with Gasteiger partial charge >= 0.3 is 0 Å². The van der Waals surface area contributed by atoms with Crippen molar-refractivity contribution in [3.63, 3.8) is 0 Å². The fourth-order valence-corrected chi connectivity index (χ4v) is 3.61. The van der Waals surface area contributed by atoms with Crippen molar-refractivity contribution in [1.82, 2.24) is 4.98 Å². The Kier molecular flexibility index (Phi) is 2.98. The Labute approximate surface area is 135 Å². The van der Waals surface area contributed by atoms with Crippen LogP contribution in [0.3, 0.4) is 0 Å². The molecule has 114 valence electrons. The number of aromatic nitrogens is 2. The van der Waals surface area contributed by atoms with Crippen LogP contribution in [0.5, 0.6) is 5.75 Å². The zero-order valence-electron chi connectivity index (χ0n) is 13.8. The highest BCUT2D eigenvalue weighted by atomic mass is 16.5. The molecule has 0 saturated carbocycles. The fraction of sp³-hybridized carbons (Fsp3) is 0.200. The highest BCUT2D eigenvalue weighted by Crippen LogP contribution is 2.39. The van der Waals surface area contributed by atoms with Gasteiger partial charge in [-0.05, 0) is 43.2 Å². The lowest BCUT2D eigenvalue weighted by molar-refractivity contribution is -0.644. The lowest BCUT2D eigenvalue weighted by Crippen LogP contribution is -2.28. The molecule has 0 saturated heterocycles. The summed E-state index contributed by atoms with van der Waals surface area (Å²) in [5.74, 6) is 0.877. The highest BCUT2D eigenvalue weighted by molar-refractivity contribution is 6.25. The molecule has 0 fully saturated rings. The number of nitrogens with zero attached hydrogens (tertiary/aromatic N) is 2. The number of benzene rings is 2. The average Bonchev–Trinajstić information content (AvgIpc) is 2.55. The maximum atomic E-state index is 5.66. The Hall–Kier alpha value is -2.68. The van der Waals surface area contributed by atoms with Gasteiger partial charge in [0.2, 0.25) is 5.52 Å². The Balaban J connectivity index is 2.50. The van der Waals surface area contributed by atoms with E-state index in [1.165, 1.54) is 32.8 Å². The number of aryl methyl sites for hydroxylation is 3. The van der Waals surface area contributed by atoms with Crippen LogP contribution in [-0.2, 0) is 7.05 Å². The predicted molar refractivity (Wildman–Crippen MR) is 94.0 cm³/mol. The molecule has 0 N–H and O–H groups in total. The van der Waals surface area contributed by atoms with Crippen molar-refractivity contribution in [2.75, 3.05) is 7.11 Å². The van der Waals surface area contributed by atoms with Crippen LogP contribution in [0.2, 0.25) is 0 Å². The molecule has 0 aliphatic carbocycles. The molecule has 0 aliphatic heterocycles. The van der Waals surface area contributed by atoms with Crippen molar-refractivity contribution in [3.8, 4) is 5.75 Å². The SMILES string of the molecule is COc1ccc(C)c2c3ccc[n+](C)c3c3c(C)ccnc3c12. The zero-order valence-corrected chi connectivity index (χ0v) is 13.8. The molecule has 4 aromatic rings. The summed E-state index contributed by atoms with van der Waals surface area (Å²) in [7, 11) is 3.82. The first-order valence-electron chi connectivity index (χ1n) is 7.76. The number of pyridine rings is 2. The lowest BCUT2D eigenvalue weighted by Gasteiger charge is -2.14. The maximum absolute atomic E-state index is 5.66. The summed E-state index contributed by atoms with van der Waals surface area (Å²) in [6.07, 6.45) is 3.98. The summed E-state index contributed by atoms with van der Waals surface area (Å²) in [5.41, 5.74) is 4.70. The minimum absolute atomic E-state index is 0.877. The van der Waals surface area contributed by atoms with Crippen LogP contribution in [0.1, 0.15) is 11.1 Å². The minimum Gasteiger partial charge on any atom is -0.496 e. The summed E-state index contributed by atoms with van der Waals surface area (Å²) in [6.45, 7) is 4.29. The van der Waals surface area contributed by atoms with Crippen LogP contribution in [0.15, 0.2) is 42.7 Å². The van der Waals surface area contributed by atoms with Crippen molar-refractivity contribution in [2.45, 2.75) is 13.8 Å². The van der Waals surface area contributed by atoms with E-state index in [1.54, 1.807) is 7.11 Å². The molecule has 0 unspecified atom stereocenters. The van der Waals surface area contributed by atoms with Gasteiger partial charge in [0, 0.05) is 17.6 Å². The van der Waals surface area contributed by atoms with E-state index in [9.17, 15) is 0 Å². The summed E-state index contributed by atoms with van der Waals surface area (Å²) in [4.78, 5) is 4.72. The largest absolute Gasteiger partial charge is 0.496 e. The molecule has 0 spiro atoms. The van der Waals surface area contributed by atoms with Crippen LogP contribution in [0.25, 0.3) is 32.6 Å². The zero-order chi connectivity index (χ0) is 16.1. The molecule has 0 amide bonds. The average molecular weight is 303 g/mol. The Morgan fingerprint density at radius 1 is 0.957 bits per heavy atom. The summed E-state index contributed by atoms with van der Waals surface area (Å²) < 4.78 is 7.85. The fourth-order valence-electron chi connectivity index (χ4n) is 3.61. The standard InChI is InChI=1S/C20H19N2O/c1-12-7-8-15(23-4)18-16(12)14-6-5-11-22(3)20(14)17-13(2)9-10-21-19(17)18/h5-11H,1-4H3/q+1. The molecule has 0 atom stereocenters. The third-order valence-electron chi connectivity index (χ3n) is 4.68. The van der Waals surface area contributed by atoms with E-state index in [2.05, 4.69) is 55.9 Å². The highest BCUT2D eigenvalue weighted by Gasteiger charge is 2.20. The molecule has 23 heavy (non-hydrogen) atoms. The van der Waals surface area contributed by atoms with Gasteiger partial charge in [0.15, 0.2) is 6.20 Å². The number of fused-ring (bicyclic) bond motifs is 6. The normalized spacial score (nSPS) is 11.5. The summed E-state index contributed by atoms with van der Waals surface area (Å²) in [6, 6.07) is 10.5. The molecule has 2 aromatic carbocycles. The quantitative estimate of drug-likeness (QED) is 0.392. The molecule has 2 heterocycles. The van der Waals surface area contributed by atoms with Gasteiger partial charge in [-0.3, -0.25) is 4.98 Å².